The van der Waals surface area contributed by atoms with Crippen molar-refractivity contribution in [2.45, 2.75) is 50.0 Å². The van der Waals surface area contributed by atoms with Gasteiger partial charge in [-0.1, -0.05) is 6.92 Å². The summed E-state index contributed by atoms with van der Waals surface area (Å²) in [6, 6.07) is 0. The molecule has 0 amide bonds. The molecule has 0 bridgehead atoms. The lowest BCUT2D eigenvalue weighted by molar-refractivity contribution is -0.187. The standard InChI is InChI=1S/C9H13F3O4S/c1-3-5-6(9(10,11)12)8-7(15-5)4(2)16-17(8,13)14/h4-8H,3H2,1-2H3. The second kappa shape index (κ2) is 3.83. The Hall–Kier alpha value is -0.340. The number of halogens is 3. The predicted octanol–water partition coefficient (Wildman–Crippen LogP) is 1.46. The lowest BCUT2D eigenvalue weighted by Crippen LogP contribution is -2.41. The summed E-state index contributed by atoms with van der Waals surface area (Å²) in [6.45, 7) is 2.95. The lowest BCUT2D eigenvalue weighted by Gasteiger charge is -2.23. The van der Waals surface area contributed by atoms with E-state index in [2.05, 4.69) is 4.18 Å². The molecule has 4 nitrogen and oxygen atoms in total. The Balaban J connectivity index is 2.42. The summed E-state index contributed by atoms with van der Waals surface area (Å²) in [6.07, 6.45) is -7.45. The minimum absolute atomic E-state index is 0.124. The van der Waals surface area contributed by atoms with E-state index in [1.807, 2.05) is 0 Å². The van der Waals surface area contributed by atoms with Crippen LogP contribution in [0.1, 0.15) is 20.3 Å². The maximum Gasteiger partial charge on any atom is 0.395 e. The molecule has 2 fully saturated rings. The average Bonchev–Trinajstić information content (AvgIpc) is 2.63. The molecule has 2 aliphatic heterocycles. The first-order valence-corrected chi connectivity index (χ1v) is 6.80. The third-order valence-corrected chi connectivity index (χ3v) is 5.07. The zero-order valence-electron chi connectivity index (χ0n) is 9.27. The highest BCUT2D eigenvalue weighted by atomic mass is 32.2. The van der Waals surface area contributed by atoms with Gasteiger partial charge in [-0.3, -0.25) is 4.18 Å². The van der Waals surface area contributed by atoms with Crippen molar-refractivity contribution in [3.8, 4) is 0 Å². The highest BCUT2D eigenvalue weighted by Gasteiger charge is 2.66. The molecule has 2 saturated heterocycles. The van der Waals surface area contributed by atoms with Gasteiger partial charge in [-0.15, -0.1) is 0 Å². The van der Waals surface area contributed by atoms with E-state index in [0.717, 1.165) is 0 Å². The van der Waals surface area contributed by atoms with Crippen LogP contribution in [0.15, 0.2) is 0 Å². The van der Waals surface area contributed by atoms with Crippen LogP contribution >= 0.6 is 0 Å². The van der Waals surface area contributed by atoms with Crippen LogP contribution in [0.5, 0.6) is 0 Å². The van der Waals surface area contributed by atoms with E-state index in [-0.39, 0.29) is 6.42 Å². The van der Waals surface area contributed by atoms with Crippen LogP contribution in [0, 0.1) is 5.92 Å². The van der Waals surface area contributed by atoms with Gasteiger partial charge in [0.15, 0.2) is 0 Å². The first-order chi connectivity index (χ1) is 7.68. The molecule has 0 aromatic rings. The van der Waals surface area contributed by atoms with Crippen LogP contribution in [0.25, 0.3) is 0 Å². The Kier molecular flexibility index (Phi) is 2.95. The fraction of sp³-hybridized carbons (Fsp3) is 1.00. The number of hydrogen-bond acceptors (Lipinski definition) is 4. The number of alkyl halides is 3. The van der Waals surface area contributed by atoms with Gasteiger partial charge in [0.05, 0.1) is 6.10 Å². The van der Waals surface area contributed by atoms with Crippen LogP contribution in [-0.2, 0) is 19.0 Å². The number of rotatable bonds is 1. The first kappa shape index (κ1) is 13.1. The van der Waals surface area contributed by atoms with Crippen molar-refractivity contribution in [2.75, 3.05) is 0 Å². The molecule has 100 valence electrons. The Bertz CT molecular complexity index is 405. The maximum atomic E-state index is 12.9. The summed E-state index contributed by atoms with van der Waals surface area (Å²) in [5.74, 6) is -1.99. The Morgan fingerprint density at radius 3 is 2.35 bits per heavy atom. The molecular formula is C9H13F3O4S. The maximum absolute atomic E-state index is 12.9. The van der Waals surface area contributed by atoms with Gasteiger partial charge in [0, 0.05) is 0 Å². The Morgan fingerprint density at radius 2 is 1.88 bits per heavy atom. The number of hydrogen-bond donors (Lipinski definition) is 0. The summed E-state index contributed by atoms with van der Waals surface area (Å²) in [7, 11) is -4.19. The molecule has 0 N–H and O–H groups in total. The SMILES string of the molecule is CCC1OC2C(C)OS(=O)(=O)C2C1C(F)(F)F. The summed E-state index contributed by atoms with van der Waals surface area (Å²) in [5, 5.41) is -1.62. The van der Waals surface area contributed by atoms with E-state index in [0.29, 0.717) is 0 Å². The highest BCUT2D eigenvalue weighted by molar-refractivity contribution is 7.87. The fourth-order valence-electron chi connectivity index (χ4n) is 2.58. The molecule has 8 heteroatoms. The molecule has 0 aromatic heterocycles. The van der Waals surface area contributed by atoms with Gasteiger partial charge in [0.2, 0.25) is 0 Å². The quantitative estimate of drug-likeness (QED) is 0.679. The summed E-state index contributed by atoms with van der Waals surface area (Å²) in [4.78, 5) is 0. The molecule has 2 heterocycles. The molecule has 5 unspecified atom stereocenters. The van der Waals surface area contributed by atoms with Gasteiger partial charge in [0.1, 0.15) is 23.4 Å². The van der Waals surface area contributed by atoms with Gasteiger partial charge in [-0.2, -0.15) is 21.6 Å². The van der Waals surface area contributed by atoms with Crippen molar-refractivity contribution in [3.63, 3.8) is 0 Å². The zero-order chi connectivity index (χ0) is 13.0. The van der Waals surface area contributed by atoms with E-state index in [9.17, 15) is 21.6 Å². The van der Waals surface area contributed by atoms with E-state index in [1.54, 1.807) is 6.92 Å². The minimum Gasteiger partial charge on any atom is -0.370 e. The van der Waals surface area contributed by atoms with Crippen molar-refractivity contribution in [1.29, 1.82) is 0 Å². The minimum atomic E-state index is -4.60. The van der Waals surface area contributed by atoms with Gasteiger partial charge in [-0.25, -0.2) is 0 Å². The normalized spacial score (nSPS) is 44.9. The van der Waals surface area contributed by atoms with Gasteiger partial charge < -0.3 is 4.74 Å². The Morgan fingerprint density at radius 1 is 1.29 bits per heavy atom. The average molecular weight is 274 g/mol. The molecule has 0 saturated carbocycles. The van der Waals surface area contributed by atoms with Crippen molar-refractivity contribution in [3.05, 3.63) is 0 Å². The number of ether oxygens (including phenoxy) is 1. The van der Waals surface area contributed by atoms with E-state index < -0.39 is 45.8 Å². The lowest BCUT2D eigenvalue weighted by atomic mass is 9.95. The summed E-state index contributed by atoms with van der Waals surface area (Å²) < 4.78 is 71.6. The molecule has 2 rings (SSSR count). The van der Waals surface area contributed by atoms with Gasteiger partial charge in [-0.05, 0) is 13.3 Å². The van der Waals surface area contributed by atoms with Crippen LogP contribution in [0.4, 0.5) is 13.2 Å². The third kappa shape index (κ3) is 1.96. The van der Waals surface area contributed by atoms with Crippen molar-refractivity contribution < 1.29 is 30.5 Å². The second-order valence-corrected chi connectivity index (χ2v) is 6.10. The molecule has 2 aliphatic rings. The van der Waals surface area contributed by atoms with Crippen molar-refractivity contribution >= 4 is 10.1 Å². The first-order valence-electron chi connectivity index (χ1n) is 5.32. The highest BCUT2D eigenvalue weighted by Crippen LogP contribution is 2.48. The van der Waals surface area contributed by atoms with Crippen LogP contribution in [0.2, 0.25) is 0 Å². The zero-order valence-corrected chi connectivity index (χ0v) is 10.1. The van der Waals surface area contributed by atoms with E-state index in [1.165, 1.54) is 6.92 Å². The molecule has 0 spiro atoms. The molecule has 0 aromatic carbocycles. The fourth-order valence-corrected chi connectivity index (χ4v) is 4.54. The molecule has 17 heavy (non-hydrogen) atoms. The summed E-state index contributed by atoms with van der Waals surface area (Å²) >= 11 is 0. The van der Waals surface area contributed by atoms with E-state index in [4.69, 9.17) is 4.74 Å². The smallest absolute Gasteiger partial charge is 0.370 e. The van der Waals surface area contributed by atoms with Gasteiger partial charge in [0.25, 0.3) is 10.1 Å². The molecular weight excluding hydrogens is 261 g/mol. The molecule has 0 radical (unpaired) electrons. The largest absolute Gasteiger partial charge is 0.395 e. The summed E-state index contributed by atoms with van der Waals surface area (Å²) in [5.41, 5.74) is 0. The monoisotopic (exact) mass is 274 g/mol. The van der Waals surface area contributed by atoms with Crippen LogP contribution in [0.3, 0.4) is 0 Å². The third-order valence-electron chi connectivity index (χ3n) is 3.27. The van der Waals surface area contributed by atoms with Crippen LogP contribution in [-0.4, -0.2) is 38.2 Å². The molecule has 0 aliphatic carbocycles. The van der Waals surface area contributed by atoms with E-state index >= 15 is 0 Å². The van der Waals surface area contributed by atoms with Crippen molar-refractivity contribution in [2.24, 2.45) is 5.92 Å². The topological polar surface area (TPSA) is 52.6 Å². The second-order valence-electron chi connectivity index (χ2n) is 4.37. The van der Waals surface area contributed by atoms with Crippen LogP contribution < -0.4 is 0 Å². The van der Waals surface area contributed by atoms with Crippen molar-refractivity contribution in [1.82, 2.24) is 0 Å². The number of fused-ring (bicyclic) bond motifs is 1. The Labute approximate surface area is 97.2 Å². The molecule has 5 atom stereocenters. The predicted molar refractivity (Wildman–Crippen MR) is 51.8 cm³/mol. The van der Waals surface area contributed by atoms with Gasteiger partial charge >= 0.3 is 6.18 Å².